The van der Waals surface area contributed by atoms with E-state index in [1.54, 1.807) is 0 Å². The first-order chi connectivity index (χ1) is 10.1. The summed E-state index contributed by atoms with van der Waals surface area (Å²) in [5.41, 5.74) is 7.59. The summed E-state index contributed by atoms with van der Waals surface area (Å²) >= 11 is 0. The fourth-order valence-electron chi connectivity index (χ4n) is 2.66. The van der Waals surface area contributed by atoms with Crippen molar-refractivity contribution in [1.29, 1.82) is 0 Å². The quantitative estimate of drug-likeness (QED) is 0.737. The first kappa shape index (κ1) is 13.6. The molecule has 2 aromatic carbocycles. The number of hydrogen-bond acceptors (Lipinski definition) is 3. The van der Waals surface area contributed by atoms with Crippen molar-refractivity contribution in [2.75, 3.05) is 5.73 Å². The Morgan fingerprint density at radius 2 is 2.05 bits per heavy atom. The molecule has 4 nitrogen and oxygen atoms in total. The van der Waals surface area contributed by atoms with Gasteiger partial charge in [-0.3, -0.25) is 4.79 Å². The minimum atomic E-state index is -0.663. The fraction of sp³-hybridized carbons (Fsp3) is 0.188. The Kier molecular flexibility index (Phi) is 3.35. The Bertz CT molecular complexity index is 702. The summed E-state index contributed by atoms with van der Waals surface area (Å²) in [4.78, 5) is 12.2. The lowest BCUT2D eigenvalue weighted by Crippen LogP contribution is -2.33. The number of aliphatic hydroxyl groups is 1. The highest BCUT2D eigenvalue weighted by atomic mass is 19.1. The van der Waals surface area contributed by atoms with E-state index in [4.69, 9.17) is 5.73 Å². The summed E-state index contributed by atoms with van der Waals surface area (Å²) in [6.45, 7) is 0. The molecule has 0 aromatic heterocycles. The van der Waals surface area contributed by atoms with Crippen molar-refractivity contribution in [3.8, 4) is 0 Å². The monoisotopic (exact) mass is 286 g/mol. The van der Waals surface area contributed by atoms with Crippen LogP contribution in [0.1, 0.15) is 27.5 Å². The lowest BCUT2D eigenvalue weighted by molar-refractivity contribution is 0.0858. The maximum absolute atomic E-state index is 13.1. The lowest BCUT2D eigenvalue weighted by atomic mass is 10.1. The molecule has 1 aliphatic carbocycles. The van der Waals surface area contributed by atoms with Gasteiger partial charge >= 0.3 is 0 Å². The smallest absolute Gasteiger partial charge is 0.251 e. The summed E-state index contributed by atoms with van der Waals surface area (Å²) in [6.07, 6.45) is -0.156. The van der Waals surface area contributed by atoms with Crippen molar-refractivity contribution in [1.82, 2.24) is 5.32 Å². The molecule has 2 atom stereocenters. The zero-order chi connectivity index (χ0) is 15.0. The molecule has 0 saturated heterocycles. The maximum Gasteiger partial charge on any atom is 0.251 e. The molecule has 0 aliphatic heterocycles. The molecule has 0 fully saturated rings. The minimum Gasteiger partial charge on any atom is -0.396 e. The first-order valence-electron chi connectivity index (χ1n) is 6.68. The van der Waals surface area contributed by atoms with Gasteiger partial charge in [-0.2, -0.15) is 0 Å². The number of nitrogens with one attached hydrogen (secondary N) is 1. The van der Waals surface area contributed by atoms with E-state index in [1.165, 1.54) is 12.1 Å². The summed E-state index contributed by atoms with van der Waals surface area (Å²) in [5.74, 6) is -0.944. The second kappa shape index (κ2) is 5.18. The van der Waals surface area contributed by atoms with Gasteiger partial charge in [0.1, 0.15) is 5.82 Å². The Morgan fingerprint density at radius 1 is 1.29 bits per heavy atom. The first-order valence-corrected chi connectivity index (χ1v) is 6.68. The number of benzene rings is 2. The average molecular weight is 286 g/mol. The van der Waals surface area contributed by atoms with Crippen molar-refractivity contribution in [2.24, 2.45) is 0 Å². The fourth-order valence-corrected chi connectivity index (χ4v) is 2.66. The van der Waals surface area contributed by atoms with Crippen molar-refractivity contribution in [2.45, 2.75) is 18.6 Å². The molecule has 4 N–H and O–H groups in total. The number of aliphatic hydroxyl groups excluding tert-OH is 1. The Labute approximate surface area is 121 Å². The SMILES string of the molecule is Nc1cc(C(=O)N[C@H]2c3ccccc3C[C@H]2O)ccc1F. The number of nitrogens with two attached hydrogens (primary N) is 1. The van der Waals surface area contributed by atoms with E-state index in [0.29, 0.717) is 6.42 Å². The highest BCUT2D eigenvalue weighted by Gasteiger charge is 2.32. The number of amides is 1. The molecule has 2 aromatic rings. The Morgan fingerprint density at radius 3 is 2.81 bits per heavy atom. The van der Waals surface area contributed by atoms with Gasteiger partial charge in [0, 0.05) is 12.0 Å². The molecule has 0 spiro atoms. The van der Waals surface area contributed by atoms with Crippen LogP contribution in [0.4, 0.5) is 10.1 Å². The average Bonchev–Trinajstić information content (AvgIpc) is 2.78. The summed E-state index contributed by atoms with van der Waals surface area (Å²) in [7, 11) is 0. The van der Waals surface area contributed by atoms with E-state index in [1.807, 2.05) is 24.3 Å². The summed E-state index contributed by atoms with van der Waals surface area (Å²) in [6, 6.07) is 10.9. The third kappa shape index (κ3) is 2.48. The normalized spacial score (nSPS) is 20.1. The zero-order valence-corrected chi connectivity index (χ0v) is 11.2. The van der Waals surface area contributed by atoms with E-state index in [-0.39, 0.29) is 17.2 Å². The second-order valence-corrected chi connectivity index (χ2v) is 5.16. The highest BCUT2D eigenvalue weighted by molar-refractivity contribution is 5.95. The largest absolute Gasteiger partial charge is 0.396 e. The van der Waals surface area contributed by atoms with Crippen molar-refractivity contribution in [3.63, 3.8) is 0 Å². The number of nitrogen functional groups attached to an aromatic ring is 1. The number of halogens is 1. The molecule has 21 heavy (non-hydrogen) atoms. The molecule has 0 heterocycles. The molecule has 0 saturated carbocycles. The third-order valence-electron chi connectivity index (χ3n) is 3.75. The van der Waals surface area contributed by atoms with Gasteiger partial charge in [-0.1, -0.05) is 24.3 Å². The number of anilines is 1. The molecular formula is C16H15FN2O2. The van der Waals surface area contributed by atoms with E-state index in [0.717, 1.165) is 17.2 Å². The van der Waals surface area contributed by atoms with Crippen LogP contribution in [0.15, 0.2) is 42.5 Å². The molecule has 0 unspecified atom stereocenters. The molecule has 1 amide bonds. The summed E-state index contributed by atoms with van der Waals surface area (Å²) in [5, 5.41) is 12.9. The predicted molar refractivity (Wildman–Crippen MR) is 77.2 cm³/mol. The second-order valence-electron chi connectivity index (χ2n) is 5.16. The van der Waals surface area contributed by atoms with Crippen LogP contribution in [0.25, 0.3) is 0 Å². The van der Waals surface area contributed by atoms with Crippen molar-refractivity contribution in [3.05, 3.63) is 65.0 Å². The van der Waals surface area contributed by atoms with Gasteiger partial charge in [-0.15, -0.1) is 0 Å². The standard InChI is InChI=1S/C16H15FN2O2/c17-12-6-5-10(7-13(12)18)16(21)19-15-11-4-2-1-3-9(11)8-14(15)20/h1-7,14-15,20H,8,18H2,(H,19,21)/t14-,15+/m1/s1. The zero-order valence-electron chi connectivity index (χ0n) is 11.2. The van der Waals surface area contributed by atoms with Gasteiger partial charge in [0.2, 0.25) is 0 Å². The van der Waals surface area contributed by atoms with Crippen LogP contribution in [-0.2, 0) is 6.42 Å². The number of fused-ring (bicyclic) bond motifs is 1. The van der Waals surface area contributed by atoms with Crippen LogP contribution in [0.3, 0.4) is 0 Å². The topological polar surface area (TPSA) is 75.4 Å². The highest BCUT2D eigenvalue weighted by Crippen LogP contribution is 2.31. The van der Waals surface area contributed by atoms with Crippen LogP contribution >= 0.6 is 0 Å². The molecule has 3 rings (SSSR count). The number of carbonyl (C=O) groups excluding carboxylic acids is 1. The van der Waals surface area contributed by atoms with E-state index in [9.17, 15) is 14.3 Å². The third-order valence-corrected chi connectivity index (χ3v) is 3.75. The van der Waals surface area contributed by atoms with Gasteiger partial charge in [0.05, 0.1) is 17.8 Å². The lowest BCUT2D eigenvalue weighted by Gasteiger charge is -2.18. The maximum atomic E-state index is 13.1. The van der Waals surface area contributed by atoms with Gasteiger partial charge in [0.15, 0.2) is 0 Å². The van der Waals surface area contributed by atoms with Gasteiger partial charge < -0.3 is 16.2 Å². The molecule has 5 heteroatoms. The van der Waals surface area contributed by atoms with E-state index in [2.05, 4.69) is 5.32 Å². The molecule has 1 aliphatic rings. The molecule has 0 bridgehead atoms. The van der Waals surface area contributed by atoms with Crippen LogP contribution in [0.5, 0.6) is 0 Å². The van der Waals surface area contributed by atoms with Gasteiger partial charge in [0.25, 0.3) is 5.91 Å². The van der Waals surface area contributed by atoms with Crippen molar-refractivity contribution >= 4 is 11.6 Å². The van der Waals surface area contributed by atoms with E-state index >= 15 is 0 Å². The van der Waals surface area contributed by atoms with E-state index < -0.39 is 18.0 Å². The van der Waals surface area contributed by atoms with Crippen LogP contribution in [0, 0.1) is 5.82 Å². The van der Waals surface area contributed by atoms with Gasteiger partial charge in [-0.25, -0.2) is 4.39 Å². The Hall–Kier alpha value is -2.40. The number of carbonyl (C=O) groups is 1. The van der Waals surface area contributed by atoms with Gasteiger partial charge in [-0.05, 0) is 29.3 Å². The van der Waals surface area contributed by atoms with Crippen molar-refractivity contribution < 1.29 is 14.3 Å². The minimum absolute atomic E-state index is 0.0741. The van der Waals surface area contributed by atoms with Crippen LogP contribution < -0.4 is 11.1 Å². The van der Waals surface area contributed by atoms with Crippen LogP contribution in [-0.4, -0.2) is 17.1 Å². The molecular weight excluding hydrogens is 271 g/mol. The summed E-state index contributed by atoms with van der Waals surface area (Å²) < 4.78 is 13.1. The molecule has 0 radical (unpaired) electrons. The number of hydrogen-bond donors (Lipinski definition) is 3. The van der Waals surface area contributed by atoms with Crippen LogP contribution in [0.2, 0.25) is 0 Å². The Balaban J connectivity index is 1.83. The molecule has 108 valence electrons. The number of rotatable bonds is 2. The predicted octanol–water partition coefficient (Wildman–Crippen LogP) is 1.80.